The van der Waals surface area contributed by atoms with Crippen molar-refractivity contribution in [2.45, 2.75) is 0 Å². The van der Waals surface area contributed by atoms with E-state index in [1.807, 2.05) is 182 Å². The Hall–Kier alpha value is -16.2. The maximum atomic E-state index is 9.47. The minimum absolute atomic E-state index is 0.175. The molecule has 0 unspecified atom stereocenters. The topological polar surface area (TPSA) is 39.4 Å². The van der Waals surface area contributed by atoms with Crippen molar-refractivity contribution in [3.05, 3.63) is 436 Å². The summed E-state index contributed by atoms with van der Waals surface area (Å²) in [5, 5.41) is 6.15. The Bertz CT molecular complexity index is 11500. The molecule has 0 aliphatic heterocycles. The van der Waals surface area contributed by atoms with Crippen LogP contribution in [0.2, 0.25) is 0 Å². The van der Waals surface area contributed by atoms with E-state index >= 15 is 0 Å². The summed E-state index contributed by atoms with van der Waals surface area (Å²) in [6.07, 6.45) is 0. The van der Waals surface area contributed by atoms with Crippen molar-refractivity contribution in [1.82, 2.24) is 0 Å². The van der Waals surface area contributed by atoms with Crippen molar-refractivity contribution in [3.63, 3.8) is 0 Å². The minimum Gasteiger partial charge on any atom is -0.456 e. The molecule has 27 aromatic rings. The molecule has 0 bridgehead atoms. The van der Waals surface area contributed by atoms with E-state index in [1.54, 1.807) is 12.1 Å². The van der Waals surface area contributed by atoms with Crippen molar-refractivity contribution in [2.24, 2.45) is 0 Å². The number of fused-ring (bicyclic) bond motifs is 22. The van der Waals surface area contributed by atoms with E-state index in [-0.39, 0.29) is 91.4 Å². The van der Waals surface area contributed by atoms with Gasteiger partial charge in [-0.25, -0.2) is 0 Å². The van der Waals surface area contributed by atoms with Gasteiger partial charge in [-0.2, -0.15) is 0 Å². The van der Waals surface area contributed by atoms with Gasteiger partial charge in [-0.05, 0) is 245 Å². The van der Waals surface area contributed by atoms with Gasteiger partial charge in [0.05, 0.1) is 54.8 Å². The fraction of sp³-hybridized carbons (Fsp3) is 0. The molecule has 3 heteroatoms. The molecule has 0 aliphatic rings. The van der Waals surface area contributed by atoms with Crippen LogP contribution in [-0.2, 0) is 0 Å². The molecule has 570 valence electrons. The summed E-state index contributed by atoms with van der Waals surface area (Å²) in [4.78, 5) is 0. The zero-order chi connectivity index (χ0) is 116. The van der Waals surface area contributed by atoms with E-state index in [0.29, 0.717) is 77.6 Å². The zero-order valence-corrected chi connectivity index (χ0v) is 63.7. The van der Waals surface area contributed by atoms with Crippen LogP contribution in [0.3, 0.4) is 0 Å². The molecule has 0 fully saturated rings. The molecule has 0 N–H and O–H groups in total. The van der Waals surface area contributed by atoms with E-state index in [1.165, 1.54) is 0 Å². The van der Waals surface area contributed by atoms with Crippen molar-refractivity contribution in [3.8, 4) is 66.8 Å². The van der Waals surface area contributed by atoms with Crippen molar-refractivity contribution in [1.29, 1.82) is 0 Å². The lowest BCUT2D eigenvalue weighted by atomic mass is 9.84. The normalized spacial score (nSPS) is 16.5. The van der Waals surface area contributed by atoms with Gasteiger partial charge in [0, 0.05) is 37.7 Å². The Labute approximate surface area is 763 Å². The average Bonchev–Trinajstić information content (AvgIpc) is 1.54. The van der Waals surface area contributed by atoms with E-state index in [2.05, 4.69) is 0 Å². The Kier molecular flexibility index (Phi) is 9.41. The van der Waals surface area contributed by atoms with Crippen molar-refractivity contribution < 1.29 is 68.1 Å². The standard InChI is InChI=1S/3C40H24O/c1-3-14-27-25(11-1)13-9-20-29(27)37-30-16-5-7-18-32(30)38(33-19-8-6-17-31(33)37)34-21-10-22-36-39(34)35-24-23-26-12-2-4-15-28(26)40(35)41-36;1-2-13-27-24-37-35(23-26(27)12-1)40-34(21-10-22-36(40)41-37)39-32-18-7-5-16-30(32)38(31-17-6-8-19-33(31)39)29-20-9-14-25-11-3-4-15-28(25)29;1-2-11-26-22-29(21-20-25(26)10-1)38-30-14-5-7-16-32(30)39(33-17-8-6-15-31(33)38)34-18-9-19-36-40(34)35-23-27-12-3-4-13-28(27)24-37(35)41-36/h3*1-24H/i1D,2D,3D,4D,5D,6D,7D,8D,9D,10D,11D,12D,13D,14D,15D,16D,17D,18D,19D,20D,21D,22D,23D,24D;5D,6D,7D,8D,16D,17D,18D,19D;5D,6D,7D,8D,14D,15D,16D,17D. The first kappa shape index (κ1) is 41.0. The Morgan fingerprint density at radius 1 is 0.154 bits per heavy atom. The second-order valence-corrected chi connectivity index (χ2v) is 29.6. The van der Waals surface area contributed by atoms with Gasteiger partial charge in [0.2, 0.25) is 0 Å². The number of hydrogen-bond acceptors (Lipinski definition) is 3. The smallest absolute Gasteiger partial charge is 0.143 e. The number of furan rings is 3. The molecule has 3 heterocycles. The summed E-state index contributed by atoms with van der Waals surface area (Å²) >= 11 is 0. The summed E-state index contributed by atoms with van der Waals surface area (Å²) in [7, 11) is 0. The van der Waals surface area contributed by atoms with Gasteiger partial charge >= 0.3 is 0 Å². The predicted octanol–water partition coefficient (Wildman–Crippen LogP) is 34.6. The molecule has 3 aromatic heterocycles. The number of hydrogen-bond donors (Lipinski definition) is 0. The van der Waals surface area contributed by atoms with Crippen LogP contribution in [0.1, 0.15) is 54.8 Å². The fourth-order valence-electron chi connectivity index (χ4n) is 17.9. The van der Waals surface area contributed by atoms with E-state index in [4.69, 9.17) is 47.5 Å². The molecular formula is C120H72O3. The molecule has 0 radical (unpaired) electrons. The van der Waals surface area contributed by atoms with E-state index in [9.17, 15) is 20.6 Å². The Morgan fingerprint density at radius 3 is 1.02 bits per heavy atom. The van der Waals surface area contributed by atoms with Crippen LogP contribution in [0, 0.1) is 0 Å². The molecule has 123 heavy (non-hydrogen) atoms. The van der Waals surface area contributed by atoms with Gasteiger partial charge in [0.15, 0.2) is 0 Å². The largest absolute Gasteiger partial charge is 0.456 e. The van der Waals surface area contributed by atoms with E-state index < -0.39 is 281 Å². The summed E-state index contributed by atoms with van der Waals surface area (Å²) in [6.45, 7) is 0. The predicted molar refractivity (Wildman–Crippen MR) is 524 cm³/mol. The summed E-state index contributed by atoms with van der Waals surface area (Å²) in [5.74, 6) is 0. The van der Waals surface area contributed by atoms with E-state index in [0.717, 1.165) is 53.9 Å². The SMILES string of the molecule is [2H]c1c([2H])c(-c2c3c([2H])c([2H])c([2H])c([2H])c3c(-c3c([2H])c([2H])c([2H])c4c([2H])c([2H])c([2H])c([2H])c34)c3c([2H])c([2H])c([2H])c([2H])c23)c2c(oc3c4c([2H])c([2H])c([2H])c([2H])c4c([2H])c([2H])c32)c1[2H].[2H]c1c([2H])c([2H])c2c(-c3cccc4oc5cc6ccccc6cc5c34)c3c([2H])c([2H])c([2H])c([2H])c3c(-c3ccc4ccccc4c3)c2c1[2H].[2H]c1c([2H])c([2H])c2c(-c3cccc4oc5cc6ccccc6cc5c34)c3c([2H])c([2H])c([2H])c([2H])c3c(-c3cccc4ccccc34)c2c1[2H]. The van der Waals surface area contributed by atoms with Crippen LogP contribution in [0.15, 0.2) is 449 Å². The van der Waals surface area contributed by atoms with Gasteiger partial charge in [-0.1, -0.05) is 381 Å². The first-order valence-electron chi connectivity index (χ1n) is 59.1. The Balaban J connectivity index is 0.000000125. The van der Waals surface area contributed by atoms with Gasteiger partial charge in [0.25, 0.3) is 0 Å². The molecular weight excluding hydrogens is 1490 g/mol. The first-order chi connectivity index (χ1) is 77.7. The van der Waals surface area contributed by atoms with Crippen LogP contribution in [0.5, 0.6) is 0 Å². The van der Waals surface area contributed by atoms with Crippen LogP contribution in [-0.4, -0.2) is 0 Å². The van der Waals surface area contributed by atoms with Crippen molar-refractivity contribution in [2.75, 3.05) is 0 Å². The summed E-state index contributed by atoms with van der Waals surface area (Å²) in [6, 6.07) is 34.9. The highest BCUT2D eigenvalue weighted by Crippen LogP contribution is 2.53. The third-order valence-corrected chi connectivity index (χ3v) is 23.0. The lowest BCUT2D eigenvalue weighted by molar-refractivity contribution is 0.669. The molecule has 0 spiro atoms. The van der Waals surface area contributed by atoms with Crippen molar-refractivity contribution >= 4 is 195 Å². The van der Waals surface area contributed by atoms with Gasteiger partial charge in [-0.15, -0.1) is 0 Å². The highest BCUT2D eigenvalue weighted by Gasteiger charge is 2.27. The highest BCUT2D eigenvalue weighted by molar-refractivity contribution is 6.32. The molecule has 0 amide bonds. The van der Waals surface area contributed by atoms with Gasteiger partial charge in [-0.3, -0.25) is 0 Å². The highest BCUT2D eigenvalue weighted by atomic mass is 16.3. The fourth-order valence-corrected chi connectivity index (χ4v) is 17.9. The quantitative estimate of drug-likeness (QED) is 0.156. The monoisotopic (exact) mass is 1600 g/mol. The summed E-state index contributed by atoms with van der Waals surface area (Å²) in [5.41, 5.74) is 2.17. The van der Waals surface area contributed by atoms with Crippen LogP contribution < -0.4 is 0 Å². The molecule has 0 saturated heterocycles. The number of rotatable bonds is 6. The maximum Gasteiger partial charge on any atom is 0.143 e. The summed E-state index contributed by atoms with van der Waals surface area (Å²) < 4.78 is 378. The second-order valence-electron chi connectivity index (χ2n) is 29.6. The average molecular weight is 1600 g/mol. The molecule has 0 aliphatic carbocycles. The maximum absolute atomic E-state index is 9.47. The van der Waals surface area contributed by atoms with Crippen LogP contribution >= 0.6 is 0 Å². The minimum atomic E-state index is -0.949. The molecule has 0 saturated carbocycles. The third kappa shape index (κ3) is 11.1. The van der Waals surface area contributed by atoms with Gasteiger partial charge < -0.3 is 13.3 Å². The molecule has 24 aromatic carbocycles. The lowest BCUT2D eigenvalue weighted by Crippen LogP contribution is -1.92. The second kappa shape index (κ2) is 28.3. The van der Waals surface area contributed by atoms with Crippen LogP contribution in [0.4, 0.5) is 0 Å². The lowest BCUT2D eigenvalue weighted by Gasteiger charge is -2.19. The Morgan fingerprint density at radius 2 is 0.504 bits per heavy atom. The molecule has 0 atom stereocenters. The van der Waals surface area contributed by atoms with Crippen LogP contribution in [0.25, 0.3) is 262 Å². The zero-order valence-electron chi connectivity index (χ0n) is 104. The van der Waals surface area contributed by atoms with Gasteiger partial charge in [0.1, 0.15) is 33.5 Å². The first-order valence-corrected chi connectivity index (χ1v) is 39.1. The molecule has 27 rings (SSSR count). The number of benzene rings is 24. The molecule has 3 nitrogen and oxygen atoms in total. The third-order valence-electron chi connectivity index (χ3n) is 23.0.